The normalized spacial score (nSPS) is 23.0. The monoisotopic (exact) mass is 678 g/mol. The van der Waals surface area contributed by atoms with E-state index in [0.29, 0.717) is 26.2 Å². The van der Waals surface area contributed by atoms with Crippen LogP contribution in [0.1, 0.15) is 6.92 Å². The van der Waals surface area contributed by atoms with Gasteiger partial charge in [-0.15, -0.1) is 0 Å². The molecule has 278 valence electrons. The summed E-state index contributed by atoms with van der Waals surface area (Å²) in [6, 6.07) is 0. The maximum absolute atomic E-state index is 10.8. The lowest BCUT2D eigenvalue weighted by atomic mass is 9.92. The van der Waals surface area contributed by atoms with Gasteiger partial charge in [0.2, 0.25) is 0 Å². The predicted molar refractivity (Wildman–Crippen MR) is 181 cm³/mol. The van der Waals surface area contributed by atoms with Crippen molar-refractivity contribution in [3.8, 4) is 0 Å². The predicted octanol–water partition coefficient (Wildman–Crippen LogP) is -3.85. The van der Waals surface area contributed by atoms with Crippen LogP contribution in [0.4, 0.5) is 0 Å². The zero-order valence-corrected chi connectivity index (χ0v) is 29.2. The van der Waals surface area contributed by atoms with Crippen molar-refractivity contribution in [1.29, 1.82) is 0 Å². The molecular formula is C32H67N7O8. The second kappa shape index (κ2) is 23.7. The van der Waals surface area contributed by atoms with E-state index in [0.717, 1.165) is 85.1 Å². The van der Waals surface area contributed by atoms with E-state index in [9.17, 15) is 20.4 Å². The van der Waals surface area contributed by atoms with Gasteiger partial charge in [0.25, 0.3) is 0 Å². The minimum atomic E-state index is -0.797. The summed E-state index contributed by atoms with van der Waals surface area (Å²) in [4.78, 5) is 8.69. The van der Waals surface area contributed by atoms with E-state index in [1.165, 1.54) is 0 Å². The van der Waals surface area contributed by atoms with Crippen molar-refractivity contribution in [2.24, 2.45) is 5.41 Å². The molecule has 3 fully saturated rings. The third-order valence-electron chi connectivity index (χ3n) is 8.97. The SMILES string of the molecule is CCN(C)CC(O)COCC(COCC(O)CN1CCNCC1)(COCC(O)CN1CCNCC1)COCC(O)CN1CCNCC1. The fourth-order valence-corrected chi connectivity index (χ4v) is 6.17. The van der Waals surface area contributed by atoms with Crippen molar-refractivity contribution in [2.75, 3.05) is 171 Å². The number of β-amino-alcohol motifs (C(OH)–C–C–N with tert-alkyl or cyclic N) is 3. The van der Waals surface area contributed by atoms with E-state index in [-0.39, 0.29) is 52.9 Å². The van der Waals surface area contributed by atoms with E-state index in [1.807, 2.05) is 18.9 Å². The smallest absolute Gasteiger partial charge is 0.0900 e. The molecular weight excluding hydrogens is 610 g/mol. The van der Waals surface area contributed by atoms with Crippen LogP contribution in [-0.2, 0) is 18.9 Å². The minimum absolute atomic E-state index is 0.134. The number of hydrogen-bond acceptors (Lipinski definition) is 15. The third-order valence-corrected chi connectivity index (χ3v) is 8.97. The number of aliphatic hydroxyl groups is 4. The van der Waals surface area contributed by atoms with E-state index in [4.69, 9.17) is 18.9 Å². The molecule has 3 rings (SSSR count). The first kappa shape index (κ1) is 40.8. The number of hydrogen-bond donors (Lipinski definition) is 7. The van der Waals surface area contributed by atoms with Crippen molar-refractivity contribution >= 4 is 0 Å². The topological polar surface area (TPSA) is 167 Å². The second-order valence-corrected chi connectivity index (χ2v) is 13.7. The lowest BCUT2D eigenvalue weighted by Gasteiger charge is -2.35. The van der Waals surface area contributed by atoms with Gasteiger partial charge in [-0.2, -0.15) is 0 Å². The molecule has 7 N–H and O–H groups in total. The van der Waals surface area contributed by atoms with Crippen molar-refractivity contribution in [3.63, 3.8) is 0 Å². The second-order valence-electron chi connectivity index (χ2n) is 13.7. The van der Waals surface area contributed by atoms with Crippen LogP contribution in [0.3, 0.4) is 0 Å². The van der Waals surface area contributed by atoms with Crippen molar-refractivity contribution in [1.82, 2.24) is 35.6 Å². The summed E-state index contributed by atoms with van der Waals surface area (Å²) < 4.78 is 24.5. The Balaban J connectivity index is 1.60. The zero-order chi connectivity index (χ0) is 33.7. The van der Waals surface area contributed by atoms with Crippen molar-refractivity contribution < 1.29 is 39.4 Å². The van der Waals surface area contributed by atoms with Gasteiger partial charge in [-0.25, -0.2) is 0 Å². The Bertz CT molecular complexity index is 697. The highest BCUT2D eigenvalue weighted by Gasteiger charge is 2.34. The molecule has 0 saturated carbocycles. The van der Waals surface area contributed by atoms with Gasteiger partial charge < -0.3 is 60.2 Å². The Labute approximate surface area is 282 Å². The molecule has 15 nitrogen and oxygen atoms in total. The van der Waals surface area contributed by atoms with Crippen LogP contribution < -0.4 is 16.0 Å². The van der Waals surface area contributed by atoms with Crippen LogP contribution in [0, 0.1) is 5.41 Å². The first-order valence-electron chi connectivity index (χ1n) is 17.8. The van der Waals surface area contributed by atoms with Crippen LogP contribution in [0.5, 0.6) is 0 Å². The van der Waals surface area contributed by atoms with Gasteiger partial charge >= 0.3 is 0 Å². The number of ether oxygens (including phenoxy) is 4. The number of nitrogens with zero attached hydrogens (tertiary/aromatic N) is 4. The third kappa shape index (κ3) is 17.8. The van der Waals surface area contributed by atoms with Crippen LogP contribution in [0.2, 0.25) is 0 Å². The summed E-state index contributed by atoms with van der Waals surface area (Å²) in [6.45, 7) is 17.0. The maximum Gasteiger partial charge on any atom is 0.0900 e. The molecule has 3 aliphatic heterocycles. The Morgan fingerprint density at radius 3 is 1.15 bits per heavy atom. The van der Waals surface area contributed by atoms with Gasteiger partial charge in [0.1, 0.15) is 0 Å². The highest BCUT2D eigenvalue weighted by Crippen LogP contribution is 2.22. The largest absolute Gasteiger partial charge is 0.389 e. The van der Waals surface area contributed by atoms with Gasteiger partial charge in [0, 0.05) is 105 Å². The van der Waals surface area contributed by atoms with Crippen LogP contribution in [-0.4, -0.2) is 236 Å². The molecule has 3 saturated heterocycles. The quantitative estimate of drug-likeness (QED) is 0.0502. The van der Waals surface area contributed by atoms with Crippen LogP contribution in [0.15, 0.2) is 0 Å². The Morgan fingerprint density at radius 2 is 0.851 bits per heavy atom. The molecule has 0 radical (unpaired) electrons. The molecule has 15 heteroatoms. The summed E-state index contributed by atoms with van der Waals surface area (Å²) in [5.74, 6) is 0. The molecule has 3 aliphatic rings. The van der Waals surface area contributed by atoms with Gasteiger partial charge in [-0.3, -0.25) is 14.7 Å². The van der Waals surface area contributed by atoms with E-state index in [1.54, 1.807) is 0 Å². The van der Waals surface area contributed by atoms with Gasteiger partial charge in [0.15, 0.2) is 0 Å². The molecule has 4 atom stereocenters. The lowest BCUT2D eigenvalue weighted by molar-refractivity contribution is -0.134. The Kier molecular flexibility index (Phi) is 20.6. The van der Waals surface area contributed by atoms with Crippen LogP contribution >= 0.6 is 0 Å². The fourth-order valence-electron chi connectivity index (χ4n) is 6.17. The molecule has 0 aromatic heterocycles. The first-order valence-corrected chi connectivity index (χ1v) is 17.8. The molecule has 47 heavy (non-hydrogen) atoms. The van der Waals surface area contributed by atoms with E-state index < -0.39 is 29.8 Å². The fraction of sp³-hybridized carbons (Fsp3) is 1.00. The maximum atomic E-state index is 10.8. The Hall–Kier alpha value is -0.600. The van der Waals surface area contributed by atoms with E-state index in [2.05, 4.69) is 30.7 Å². The number of aliphatic hydroxyl groups excluding tert-OH is 4. The molecule has 0 bridgehead atoms. The number of piperazine rings is 3. The van der Waals surface area contributed by atoms with Gasteiger partial charge in [0.05, 0.1) is 82.7 Å². The number of rotatable bonds is 25. The van der Waals surface area contributed by atoms with Gasteiger partial charge in [-0.1, -0.05) is 6.92 Å². The highest BCUT2D eigenvalue weighted by molar-refractivity contribution is 4.82. The zero-order valence-electron chi connectivity index (χ0n) is 29.2. The first-order chi connectivity index (χ1) is 22.8. The number of likely N-dealkylation sites (N-methyl/N-ethyl adjacent to an activating group) is 1. The summed E-state index contributed by atoms with van der Waals surface area (Å²) in [5, 5.41) is 52.8. The highest BCUT2D eigenvalue weighted by atomic mass is 16.5. The molecule has 0 amide bonds. The Morgan fingerprint density at radius 1 is 0.553 bits per heavy atom. The summed E-state index contributed by atoms with van der Waals surface area (Å²) >= 11 is 0. The lowest BCUT2D eigenvalue weighted by Crippen LogP contribution is -2.48. The molecule has 0 spiro atoms. The molecule has 0 aromatic rings. The molecule has 0 aliphatic carbocycles. The molecule has 0 aromatic carbocycles. The number of nitrogens with one attached hydrogen (secondary N) is 3. The average molecular weight is 678 g/mol. The van der Waals surface area contributed by atoms with Crippen LogP contribution in [0.25, 0.3) is 0 Å². The van der Waals surface area contributed by atoms with Gasteiger partial charge in [-0.05, 0) is 13.6 Å². The summed E-state index contributed by atoms with van der Waals surface area (Å²) in [7, 11) is 1.95. The summed E-state index contributed by atoms with van der Waals surface area (Å²) in [6.07, 6.45) is -2.62. The molecule has 4 unspecified atom stereocenters. The standard InChI is InChI=1S/C32H67N7O8/c1-3-36(2)16-28(40)20-44-24-32(25-45-21-29(41)17-37-10-4-33-5-11-37,26-46-22-30(42)18-38-12-6-34-7-13-38)27-47-23-31(43)19-39-14-8-35-9-15-39/h28-31,33-35,40-43H,3-27H2,1-2H3. The average Bonchev–Trinajstić information content (AvgIpc) is 3.06. The van der Waals surface area contributed by atoms with E-state index >= 15 is 0 Å². The minimum Gasteiger partial charge on any atom is -0.389 e. The molecule has 3 heterocycles. The van der Waals surface area contributed by atoms with Crippen molar-refractivity contribution in [3.05, 3.63) is 0 Å². The summed E-state index contributed by atoms with van der Waals surface area (Å²) in [5.41, 5.74) is -0.797. The van der Waals surface area contributed by atoms with Crippen molar-refractivity contribution in [2.45, 2.75) is 31.3 Å².